The van der Waals surface area contributed by atoms with Crippen LogP contribution in [0.1, 0.15) is 71.6 Å². The lowest BCUT2D eigenvalue weighted by Crippen LogP contribution is -2.34. The van der Waals surface area contributed by atoms with E-state index in [1.807, 2.05) is 12.2 Å². The van der Waals surface area contributed by atoms with Gasteiger partial charge in [-0.15, -0.1) is 0 Å². The van der Waals surface area contributed by atoms with E-state index in [2.05, 4.69) is 48.7 Å². The molecule has 0 bridgehead atoms. The maximum absolute atomic E-state index is 12.0. The number of aliphatic hydroxyl groups is 1. The molecule has 0 saturated heterocycles. The van der Waals surface area contributed by atoms with Gasteiger partial charge in [0, 0.05) is 18.9 Å². The van der Waals surface area contributed by atoms with E-state index in [4.69, 9.17) is 5.11 Å². The van der Waals surface area contributed by atoms with Crippen LogP contribution in [0.25, 0.3) is 0 Å². The van der Waals surface area contributed by atoms with Crippen molar-refractivity contribution in [1.29, 1.82) is 0 Å². The molecule has 3 nitrogen and oxygen atoms in total. The predicted octanol–water partition coefficient (Wildman–Crippen LogP) is 6.42. The van der Waals surface area contributed by atoms with Crippen LogP contribution in [0.4, 0.5) is 13.2 Å². The molecule has 2 atom stereocenters. The summed E-state index contributed by atoms with van der Waals surface area (Å²) in [7, 11) is 0. The van der Waals surface area contributed by atoms with Crippen LogP contribution < -0.4 is 5.32 Å². The number of allylic oxidation sites excluding steroid dienone is 8. The number of amides is 1. The van der Waals surface area contributed by atoms with E-state index in [0.29, 0.717) is 19.3 Å². The standard InChI is InChI=1S/C24H38F3NO2/c1-21(17-13-10-11-15-19-24(25,26)27)16-12-8-6-4-3-5-7-9-14-18-23(30)28-22(2)20-29/h4-7,12-13,16-17,21-22,29H,3,8-11,14-15,18-20H2,1-2H3,(H,28,30)/b6-4-,7-5-,16-12-,17-13-/t21-,22-/m1/s1. The number of hydrogen-bond donors (Lipinski definition) is 2. The van der Waals surface area contributed by atoms with E-state index in [9.17, 15) is 18.0 Å². The highest BCUT2D eigenvalue weighted by atomic mass is 19.4. The van der Waals surface area contributed by atoms with E-state index in [1.165, 1.54) is 0 Å². The summed E-state index contributed by atoms with van der Waals surface area (Å²) in [5.74, 6) is 0.251. The number of halogens is 3. The Labute approximate surface area is 179 Å². The highest BCUT2D eigenvalue weighted by molar-refractivity contribution is 5.76. The zero-order valence-electron chi connectivity index (χ0n) is 18.3. The molecular weight excluding hydrogens is 391 g/mol. The summed E-state index contributed by atoms with van der Waals surface area (Å²) < 4.78 is 36.1. The van der Waals surface area contributed by atoms with Crippen molar-refractivity contribution in [2.24, 2.45) is 5.92 Å². The number of unbranched alkanes of at least 4 members (excludes halogenated alkanes) is 3. The van der Waals surface area contributed by atoms with E-state index >= 15 is 0 Å². The molecule has 0 aliphatic carbocycles. The van der Waals surface area contributed by atoms with Crippen LogP contribution in [0, 0.1) is 5.92 Å². The molecule has 0 aromatic heterocycles. The van der Waals surface area contributed by atoms with Crippen molar-refractivity contribution in [3.63, 3.8) is 0 Å². The fraction of sp³-hybridized carbons (Fsp3) is 0.625. The molecule has 2 N–H and O–H groups in total. The first-order valence-electron chi connectivity index (χ1n) is 10.8. The second kappa shape index (κ2) is 18.0. The Kier molecular flexibility index (Phi) is 16.9. The lowest BCUT2D eigenvalue weighted by molar-refractivity contribution is -0.135. The van der Waals surface area contributed by atoms with E-state index in [-0.39, 0.29) is 30.9 Å². The maximum Gasteiger partial charge on any atom is 0.389 e. The highest BCUT2D eigenvalue weighted by Gasteiger charge is 2.25. The third-order valence-corrected chi connectivity index (χ3v) is 4.29. The lowest BCUT2D eigenvalue weighted by Gasteiger charge is -2.09. The number of alkyl halides is 3. The minimum Gasteiger partial charge on any atom is -0.394 e. The summed E-state index contributed by atoms with van der Waals surface area (Å²) in [6.45, 7) is 3.78. The Morgan fingerprint density at radius 2 is 1.50 bits per heavy atom. The van der Waals surface area contributed by atoms with Gasteiger partial charge in [-0.2, -0.15) is 13.2 Å². The van der Waals surface area contributed by atoms with Crippen LogP contribution >= 0.6 is 0 Å². The SMILES string of the molecule is C[C@H](/C=C\C/C=C\C/C=C\CCCC(=O)N[C@H](C)CO)/C=C\CCCCC(F)(F)F. The molecule has 6 heteroatoms. The number of hydrogen-bond acceptors (Lipinski definition) is 2. The second-order valence-corrected chi connectivity index (χ2v) is 7.53. The zero-order valence-corrected chi connectivity index (χ0v) is 18.3. The topological polar surface area (TPSA) is 49.3 Å². The van der Waals surface area contributed by atoms with Gasteiger partial charge in [-0.3, -0.25) is 4.79 Å². The van der Waals surface area contributed by atoms with Gasteiger partial charge in [0.25, 0.3) is 0 Å². The third kappa shape index (κ3) is 20.9. The van der Waals surface area contributed by atoms with Crippen molar-refractivity contribution in [3.8, 4) is 0 Å². The molecule has 0 unspecified atom stereocenters. The Bertz CT molecular complexity index is 551. The monoisotopic (exact) mass is 429 g/mol. The quantitative estimate of drug-likeness (QED) is 0.220. The van der Waals surface area contributed by atoms with Crippen LogP contribution in [0.5, 0.6) is 0 Å². The van der Waals surface area contributed by atoms with E-state index in [1.54, 1.807) is 6.92 Å². The summed E-state index contributed by atoms with van der Waals surface area (Å²) in [6, 6.07) is -0.192. The van der Waals surface area contributed by atoms with Crippen LogP contribution in [-0.4, -0.2) is 29.8 Å². The number of carbonyl (C=O) groups is 1. The molecule has 0 spiro atoms. The average molecular weight is 430 g/mol. The summed E-state index contributed by atoms with van der Waals surface area (Å²) >= 11 is 0. The molecule has 0 radical (unpaired) electrons. The number of nitrogens with one attached hydrogen (secondary N) is 1. The van der Waals surface area contributed by atoms with Crippen molar-refractivity contribution in [2.45, 2.75) is 83.9 Å². The smallest absolute Gasteiger partial charge is 0.389 e. The number of rotatable bonds is 16. The Morgan fingerprint density at radius 3 is 2.17 bits per heavy atom. The molecule has 0 fully saturated rings. The van der Waals surface area contributed by atoms with Gasteiger partial charge in [0.2, 0.25) is 5.91 Å². The zero-order chi connectivity index (χ0) is 22.7. The van der Waals surface area contributed by atoms with Crippen LogP contribution in [0.2, 0.25) is 0 Å². The molecule has 1 amide bonds. The minimum atomic E-state index is -4.04. The van der Waals surface area contributed by atoms with Gasteiger partial charge in [-0.1, -0.05) is 55.5 Å². The van der Waals surface area contributed by atoms with Crippen molar-refractivity contribution in [3.05, 3.63) is 48.6 Å². The molecule has 0 rings (SSSR count). The lowest BCUT2D eigenvalue weighted by atomic mass is 10.1. The molecular formula is C24H38F3NO2. The Morgan fingerprint density at radius 1 is 0.900 bits per heavy atom. The normalized spacial score (nSPS) is 15.0. The van der Waals surface area contributed by atoms with Gasteiger partial charge >= 0.3 is 6.18 Å². The van der Waals surface area contributed by atoms with Gasteiger partial charge in [-0.25, -0.2) is 0 Å². The predicted molar refractivity (Wildman–Crippen MR) is 118 cm³/mol. The summed E-state index contributed by atoms with van der Waals surface area (Å²) in [5.41, 5.74) is 0. The molecule has 172 valence electrons. The molecule has 0 aromatic rings. The van der Waals surface area contributed by atoms with Crippen LogP contribution in [0.3, 0.4) is 0 Å². The average Bonchev–Trinajstić information content (AvgIpc) is 2.67. The highest BCUT2D eigenvalue weighted by Crippen LogP contribution is 2.22. The van der Waals surface area contributed by atoms with Crippen molar-refractivity contribution >= 4 is 5.91 Å². The van der Waals surface area contributed by atoms with Crippen LogP contribution in [0.15, 0.2) is 48.6 Å². The summed E-state index contributed by atoms with van der Waals surface area (Å²) in [4.78, 5) is 11.5. The first-order valence-corrected chi connectivity index (χ1v) is 10.8. The number of carbonyl (C=O) groups excluding carboxylic acids is 1. The first-order chi connectivity index (χ1) is 14.2. The first kappa shape index (κ1) is 28.2. The fourth-order valence-electron chi connectivity index (χ4n) is 2.59. The van der Waals surface area contributed by atoms with Crippen molar-refractivity contribution < 1.29 is 23.1 Å². The maximum atomic E-state index is 12.0. The Hall–Kier alpha value is -1.82. The van der Waals surface area contributed by atoms with Crippen LogP contribution in [-0.2, 0) is 4.79 Å². The molecule has 0 heterocycles. The molecule has 0 aromatic carbocycles. The molecule has 0 saturated carbocycles. The van der Waals surface area contributed by atoms with Crippen molar-refractivity contribution in [1.82, 2.24) is 5.32 Å². The molecule has 30 heavy (non-hydrogen) atoms. The van der Waals surface area contributed by atoms with E-state index in [0.717, 1.165) is 25.7 Å². The van der Waals surface area contributed by atoms with Gasteiger partial charge in [-0.05, 0) is 57.8 Å². The fourth-order valence-corrected chi connectivity index (χ4v) is 2.59. The third-order valence-electron chi connectivity index (χ3n) is 4.29. The minimum absolute atomic E-state index is 0.0258. The second-order valence-electron chi connectivity index (χ2n) is 7.53. The molecule has 0 aliphatic heterocycles. The van der Waals surface area contributed by atoms with Crippen molar-refractivity contribution in [2.75, 3.05) is 6.61 Å². The van der Waals surface area contributed by atoms with E-state index < -0.39 is 12.6 Å². The van der Waals surface area contributed by atoms with Gasteiger partial charge in [0.1, 0.15) is 0 Å². The summed E-state index contributed by atoms with van der Waals surface area (Å²) in [6.07, 6.45) is 17.0. The molecule has 0 aliphatic rings. The van der Waals surface area contributed by atoms with Gasteiger partial charge < -0.3 is 10.4 Å². The number of aliphatic hydroxyl groups excluding tert-OH is 1. The Balaban J connectivity index is 3.70. The largest absolute Gasteiger partial charge is 0.394 e. The summed E-state index contributed by atoms with van der Waals surface area (Å²) in [5, 5.41) is 11.6. The van der Waals surface area contributed by atoms with Gasteiger partial charge in [0.15, 0.2) is 0 Å². The van der Waals surface area contributed by atoms with Gasteiger partial charge in [0.05, 0.1) is 6.61 Å².